The van der Waals surface area contributed by atoms with E-state index < -0.39 is 20.0 Å². The Hall–Kier alpha value is -2.51. The molecule has 0 aliphatic carbocycles. The topological polar surface area (TPSA) is 122 Å². The molecule has 0 spiro atoms. The molecule has 2 saturated heterocycles. The van der Waals surface area contributed by atoms with Gasteiger partial charge in [-0.3, -0.25) is 4.79 Å². The molecule has 1 N–H and O–H groups in total. The molecule has 2 fully saturated rings. The Kier molecular flexibility index (Phi) is 8.54. The molecule has 0 aromatic heterocycles. The molecular formula is C25H33N3O7S2. The lowest BCUT2D eigenvalue weighted by Crippen LogP contribution is -2.42. The van der Waals surface area contributed by atoms with Gasteiger partial charge in [0.05, 0.1) is 26.1 Å². The molecule has 0 radical (unpaired) electrons. The number of methoxy groups -OCH3 is 1. The zero-order valence-corrected chi connectivity index (χ0v) is 22.7. The lowest BCUT2D eigenvalue weighted by molar-refractivity contribution is -0.120. The zero-order chi connectivity index (χ0) is 26.6. The first kappa shape index (κ1) is 27.5. The summed E-state index contributed by atoms with van der Waals surface area (Å²) in [6.45, 7) is 3.52. The number of carbonyl (C=O) groups is 1. The molecule has 10 nitrogen and oxygen atoms in total. The van der Waals surface area contributed by atoms with E-state index >= 15 is 0 Å². The number of hydrogen-bond acceptors (Lipinski definition) is 7. The lowest BCUT2D eigenvalue weighted by Gasteiger charge is -2.31. The molecule has 2 heterocycles. The highest BCUT2D eigenvalue weighted by molar-refractivity contribution is 7.89. The molecule has 2 aliphatic heterocycles. The molecule has 1 amide bonds. The third-order valence-electron chi connectivity index (χ3n) is 6.84. The number of amides is 1. The molecule has 2 aliphatic rings. The molecule has 4 rings (SSSR count). The second kappa shape index (κ2) is 11.5. The first-order valence-electron chi connectivity index (χ1n) is 12.2. The van der Waals surface area contributed by atoms with Gasteiger partial charge in [-0.2, -0.15) is 4.31 Å². The Labute approximate surface area is 218 Å². The van der Waals surface area contributed by atoms with E-state index in [1.165, 1.54) is 27.9 Å². The maximum atomic E-state index is 13.2. The minimum absolute atomic E-state index is 0.0215. The number of sulfonamides is 2. The lowest BCUT2D eigenvalue weighted by atomic mass is 9.97. The highest BCUT2D eigenvalue weighted by Gasteiger charge is 2.33. The summed E-state index contributed by atoms with van der Waals surface area (Å²) in [7, 11) is -5.94. The van der Waals surface area contributed by atoms with Crippen molar-refractivity contribution in [2.24, 2.45) is 5.92 Å². The van der Waals surface area contributed by atoms with Crippen molar-refractivity contribution >= 4 is 31.6 Å². The van der Waals surface area contributed by atoms with E-state index in [2.05, 4.69) is 5.32 Å². The zero-order valence-electron chi connectivity index (χ0n) is 21.1. The van der Waals surface area contributed by atoms with Crippen molar-refractivity contribution in [1.82, 2.24) is 8.61 Å². The van der Waals surface area contributed by atoms with Crippen molar-refractivity contribution in [3.8, 4) is 5.75 Å². The summed E-state index contributed by atoms with van der Waals surface area (Å²) in [5.74, 6) is -0.526. The highest BCUT2D eigenvalue weighted by atomic mass is 32.2. The third kappa shape index (κ3) is 6.32. The number of nitrogens with one attached hydrogen (secondary N) is 1. The number of ether oxygens (including phenoxy) is 2. The summed E-state index contributed by atoms with van der Waals surface area (Å²) in [5.41, 5.74) is 2.03. The Morgan fingerprint density at radius 2 is 1.68 bits per heavy atom. The SMILES string of the molecule is COc1ccc(NC(=O)C2CCN(S(=O)(=O)Cc3ccccc3C)CC2)cc1S(=O)(=O)N1CCOCC1. The van der Waals surface area contributed by atoms with Crippen LogP contribution in [0.3, 0.4) is 0 Å². The van der Waals surface area contributed by atoms with Gasteiger partial charge in [-0.25, -0.2) is 21.1 Å². The Morgan fingerprint density at radius 3 is 2.32 bits per heavy atom. The summed E-state index contributed by atoms with van der Waals surface area (Å²) in [4.78, 5) is 13.0. The summed E-state index contributed by atoms with van der Waals surface area (Å²) in [5, 5.41) is 2.81. The Morgan fingerprint density at radius 1 is 1.00 bits per heavy atom. The fourth-order valence-electron chi connectivity index (χ4n) is 4.58. The average Bonchev–Trinajstić information content (AvgIpc) is 2.90. The second-order valence-electron chi connectivity index (χ2n) is 9.23. The minimum Gasteiger partial charge on any atom is -0.495 e. The van der Waals surface area contributed by atoms with Gasteiger partial charge in [-0.1, -0.05) is 24.3 Å². The molecule has 2 aromatic carbocycles. The fourth-order valence-corrected chi connectivity index (χ4v) is 7.84. The standard InChI is InChI=1S/C25H33N3O7S2/c1-19-5-3-4-6-21(19)18-36(30,31)27-11-9-20(10-12-27)25(29)26-22-7-8-23(34-2)24(17-22)37(32,33)28-13-15-35-16-14-28/h3-8,17,20H,9-16,18H2,1-2H3,(H,26,29). The largest absolute Gasteiger partial charge is 0.495 e. The van der Waals surface area contributed by atoms with Gasteiger partial charge in [0.1, 0.15) is 10.6 Å². The quantitative estimate of drug-likeness (QED) is 0.534. The number of carbonyl (C=O) groups excluding carboxylic acids is 1. The van der Waals surface area contributed by atoms with Crippen LogP contribution in [0, 0.1) is 12.8 Å². The highest BCUT2D eigenvalue weighted by Crippen LogP contribution is 2.31. The summed E-state index contributed by atoms with van der Waals surface area (Å²) in [6.07, 6.45) is 0.766. The van der Waals surface area contributed by atoms with Gasteiger partial charge in [-0.05, 0) is 49.1 Å². The van der Waals surface area contributed by atoms with Gasteiger partial charge in [0.15, 0.2) is 0 Å². The number of morpholine rings is 1. The predicted octanol–water partition coefficient (Wildman–Crippen LogP) is 2.21. The monoisotopic (exact) mass is 551 g/mol. The van der Waals surface area contributed by atoms with E-state index in [9.17, 15) is 21.6 Å². The molecule has 202 valence electrons. The number of rotatable bonds is 8. The van der Waals surface area contributed by atoms with Gasteiger partial charge in [0, 0.05) is 37.8 Å². The number of anilines is 1. The van der Waals surface area contributed by atoms with Crippen LogP contribution < -0.4 is 10.1 Å². The van der Waals surface area contributed by atoms with Crippen LogP contribution in [0.5, 0.6) is 5.75 Å². The van der Waals surface area contributed by atoms with E-state index in [1.54, 1.807) is 6.07 Å². The Balaban J connectivity index is 1.40. The molecule has 0 unspecified atom stereocenters. The molecule has 0 saturated carbocycles. The average molecular weight is 552 g/mol. The van der Waals surface area contributed by atoms with Gasteiger partial charge in [0.25, 0.3) is 0 Å². The molecule has 2 aromatic rings. The van der Waals surface area contributed by atoms with E-state index in [4.69, 9.17) is 9.47 Å². The van der Waals surface area contributed by atoms with Crippen molar-refractivity contribution in [3.05, 3.63) is 53.6 Å². The number of aryl methyl sites for hydroxylation is 1. The number of piperidine rings is 1. The number of hydrogen-bond donors (Lipinski definition) is 1. The van der Waals surface area contributed by atoms with Crippen LogP contribution in [0.1, 0.15) is 24.0 Å². The van der Waals surface area contributed by atoms with Crippen molar-refractivity contribution in [2.75, 3.05) is 51.8 Å². The van der Waals surface area contributed by atoms with Crippen LogP contribution >= 0.6 is 0 Å². The van der Waals surface area contributed by atoms with Crippen molar-refractivity contribution in [2.45, 2.75) is 30.4 Å². The van der Waals surface area contributed by atoms with Crippen LogP contribution in [-0.4, -0.2) is 77.9 Å². The number of benzene rings is 2. The van der Waals surface area contributed by atoms with Crippen LogP contribution in [0.25, 0.3) is 0 Å². The van der Waals surface area contributed by atoms with Gasteiger partial charge in [0.2, 0.25) is 26.0 Å². The fraction of sp³-hybridized carbons (Fsp3) is 0.480. The first-order chi connectivity index (χ1) is 17.6. The van der Waals surface area contributed by atoms with Crippen LogP contribution in [-0.2, 0) is 35.3 Å². The molecule has 0 atom stereocenters. The summed E-state index contributed by atoms with van der Waals surface area (Å²) >= 11 is 0. The van der Waals surface area contributed by atoms with Crippen LogP contribution in [0.4, 0.5) is 5.69 Å². The molecular weight excluding hydrogens is 518 g/mol. The van der Waals surface area contributed by atoms with E-state index in [0.29, 0.717) is 31.7 Å². The minimum atomic E-state index is -3.84. The van der Waals surface area contributed by atoms with E-state index in [0.717, 1.165) is 11.1 Å². The molecule has 37 heavy (non-hydrogen) atoms. The summed E-state index contributed by atoms with van der Waals surface area (Å²) < 4.78 is 65.6. The van der Waals surface area contributed by atoms with Crippen molar-refractivity contribution in [1.29, 1.82) is 0 Å². The van der Waals surface area contributed by atoms with Crippen LogP contribution in [0.15, 0.2) is 47.4 Å². The smallest absolute Gasteiger partial charge is 0.246 e. The summed E-state index contributed by atoms with van der Waals surface area (Å²) in [6, 6.07) is 11.9. The van der Waals surface area contributed by atoms with Crippen molar-refractivity contribution in [3.63, 3.8) is 0 Å². The van der Waals surface area contributed by atoms with Crippen molar-refractivity contribution < 1.29 is 31.1 Å². The first-order valence-corrected chi connectivity index (χ1v) is 15.3. The number of nitrogens with zero attached hydrogens (tertiary/aromatic N) is 2. The Bertz CT molecular complexity index is 1330. The predicted molar refractivity (Wildman–Crippen MR) is 139 cm³/mol. The van der Waals surface area contributed by atoms with Gasteiger partial charge < -0.3 is 14.8 Å². The van der Waals surface area contributed by atoms with Crippen LogP contribution in [0.2, 0.25) is 0 Å². The van der Waals surface area contributed by atoms with Gasteiger partial charge >= 0.3 is 0 Å². The maximum Gasteiger partial charge on any atom is 0.246 e. The maximum absolute atomic E-state index is 13.2. The van der Waals surface area contributed by atoms with E-state index in [-0.39, 0.29) is 54.4 Å². The molecule has 0 bridgehead atoms. The molecule has 12 heteroatoms. The van der Waals surface area contributed by atoms with E-state index in [1.807, 2.05) is 31.2 Å². The second-order valence-corrected chi connectivity index (χ2v) is 13.1. The van der Waals surface area contributed by atoms with Gasteiger partial charge in [-0.15, -0.1) is 0 Å². The third-order valence-corrected chi connectivity index (χ3v) is 10.6. The normalized spacial score (nSPS) is 18.4.